The van der Waals surface area contributed by atoms with Crippen LogP contribution in [0.2, 0.25) is 0 Å². The van der Waals surface area contributed by atoms with Gasteiger partial charge in [-0.1, -0.05) is 42.5 Å². The van der Waals surface area contributed by atoms with Gasteiger partial charge in [-0.15, -0.1) is 10.2 Å². The third kappa shape index (κ3) is 4.02. The van der Waals surface area contributed by atoms with E-state index in [1.165, 1.54) is 4.31 Å². The van der Waals surface area contributed by atoms with Gasteiger partial charge in [-0.25, -0.2) is 8.42 Å². The number of aromatic nitrogens is 2. The van der Waals surface area contributed by atoms with Crippen molar-refractivity contribution in [1.82, 2.24) is 14.5 Å². The molecular weight excluding hydrogens is 424 g/mol. The van der Waals surface area contributed by atoms with Gasteiger partial charge in [-0.05, 0) is 47.5 Å². The van der Waals surface area contributed by atoms with Gasteiger partial charge in [0.15, 0.2) is 11.6 Å². The van der Waals surface area contributed by atoms with Gasteiger partial charge in [-0.2, -0.15) is 4.31 Å². The van der Waals surface area contributed by atoms with Crippen LogP contribution in [0, 0.1) is 0 Å². The van der Waals surface area contributed by atoms with Crippen LogP contribution in [0.15, 0.2) is 94.4 Å². The van der Waals surface area contributed by atoms with Gasteiger partial charge in [-0.3, -0.25) is 0 Å². The van der Waals surface area contributed by atoms with E-state index < -0.39 is 10.0 Å². The highest BCUT2D eigenvalue weighted by Crippen LogP contribution is 2.25. The smallest absolute Gasteiger partial charge is 0.243 e. The number of sulfonamides is 1. The van der Waals surface area contributed by atoms with Gasteiger partial charge >= 0.3 is 0 Å². The number of furan rings is 1. The number of hydrogen-bond donors (Lipinski definition) is 0. The molecule has 2 aromatic heterocycles. The number of hydrogen-bond acceptors (Lipinski definition) is 6. The largest absolute Gasteiger partial charge is 0.463 e. The summed E-state index contributed by atoms with van der Waals surface area (Å²) in [7, 11) is -3.54. The highest BCUT2D eigenvalue weighted by Gasteiger charge is 2.29. The number of anilines is 1. The van der Waals surface area contributed by atoms with Crippen molar-refractivity contribution in [2.24, 2.45) is 0 Å². The van der Waals surface area contributed by atoms with Crippen molar-refractivity contribution in [3.63, 3.8) is 0 Å². The summed E-state index contributed by atoms with van der Waals surface area (Å²) in [5.41, 5.74) is 2.72. The molecule has 0 amide bonds. The van der Waals surface area contributed by atoms with E-state index in [4.69, 9.17) is 4.42 Å². The highest BCUT2D eigenvalue weighted by atomic mass is 32.2. The SMILES string of the molecule is O=S(=O)(c1ccc(-c2ccccc2)cc1)N1CCN(c2ccc(-c3ccco3)nn2)CC1. The molecule has 0 unspecified atom stereocenters. The van der Waals surface area contributed by atoms with Gasteiger partial charge in [0.25, 0.3) is 0 Å². The number of piperazine rings is 1. The second kappa shape index (κ2) is 8.57. The van der Waals surface area contributed by atoms with E-state index in [-0.39, 0.29) is 0 Å². The van der Waals surface area contributed by atoms with Crippen LogP contribution in [-0.2, 0) is 10.0 Å². The van der Waals surface area contributed by atoms with Gasteiger partial charge in [0, 0.05) is 26.2 Å². The summed E-state index contributed by atoms with van der Waals surface area (Å²) in [6.07, 6.45) is 1.60. The molecule has 32 heavy (non-hydrogen) atoms. The lowest BCUT2D eigenvalue weighted by Gasteiger charge is -2.34. The summed E-state index contributed by atoms with van der Waals surface area (Å²) in [4.78, 5) is 2.36. The summed E-state index contributed by atoms with van der Waals surface area (Å²) < 4.78 is 33.1. The highest BCUT2D eigenvalue weighted by molar-refractivity contribution is 7.89. The van der Waals surface area contributed by atoms with Crippen molar-refractivity contribution in [2.75, 3.05) is 31.1 Å². The zero-order chi connectivity index (χ0) is 22.0. The molecule has 0 atom stereocenters. The topological polar surface area (TPSA) is 79.5 Å². The van der Waals surface area contributed by atoms with E-state index in [0.717, 1.165) is 16.9 Å². The fraction of sp³-hybridized carbons (Fsp3) is 0.167. The molecule has 1 fully saturated rings. The Morgan fingerprint density at radius 3 is 2.06 bits per heavy atom. The van der Waals surface area contributed by atoms with Crippen molar-refractivity contribution in [3.05, 3.63) is 85.1 Å². The van der Waals surface area contributed by atoms with Gasteiger partial charge in [0.05, 0.1) is 11.2 Å². The normalized spacial score (nSPS) is 15.1. The minimum absolute atomic E-state index is 0.313. The lowest BCUT2D eigenvalue weighted by Crippen LogP contribution is -2.48. The number of benzene rings is 2. The van der Waals surface area contributed by atoms with E-state index in [2.05, 4.69) is 10.2 Å². The first-order valence-corrected chi connectivity index (χ1v) is 11.8. The van der Waals surface area contributed by atoms with Crippen molar-refractivity contribution >= 4 is 15.8 Å². The molecule has 0 bridgehead atoms. The molecule has 2 aromatic carbocycles. The van der Waals surface area contributed by atoms with Crippen LogP contribution in [0.1, 0.15) is 0 Å². The monoisotopic (exact) mass is 446 g/mol. The third-order valence-corrected chi connectivity index (χ3v) is 7.50. The number of rotatable bonds is 5. The van der Waals surface area contributed by atoms with Gasteiger partial charge < -0.3 is 9.32 Å². The molecule has 0 aliphatic carbocycles. The maximum absolute atomic E-state index is 13.1. The number of nitrogens with zero attached hydrogens (tertiary/aromatic N) is 4. The standard InChI is InChI=1S/C24H22N4O3S/c29-32(30,21-10-8-20(9-11-21)19-5-2-1-3-6-19)28-16-14-27(15-17-28)24-13-12-22(25-26-24)23-7-4-18-31-23/h1-13,18H,14-17H2. The average molecular weight is 447 g/mol. The van der Waals surface area contributed by atoms with Crippen LogP contribution in [-0.4, -0.2) is 49.1 Å². The molecule has 0 N–H and O–H groups in total. The molecule has 0 saturated carbocycles. The molecule has 0 radical (unpaired) electrons. The van der Waals surface area contributed by atoms with Crippen molar-refractivity contribution in [3.8, 4) is 22.6 Å². The molecule has 0 spiro atoms. The molecule has 1 aliphatic heterocycles. The Morgan fingerprint density at radius 2 is 1.44 bits per heavy atom. The molecule has 1 aliphatic rings. The molecule has 8 heteroatoms. The Morgan fingerprint density at radius 1 is 0.719 bits per heavy atom. The van der Waals surface area contributed by atoms with Crippen LogP contribution in [0.25, 0.3) is 22.6 Å². The summed E-state index contributed by atoms with van der Waals surface area (Å²) in [6.45, 7) is 1.89. The van der Waals surface area contributed by atoms with Crippen LogP contribution in [0.5, 0.6) is 0 Å². The maximum Gasteiger partial charge on any atom is 0.243 e. The average Bonchev–Trinajstić information content (AvgIpc) is 3.40. The molecule has 162 valence electrons. The first-order valence-electron chi connectivity index (χ1n) is 10.4. The Balaban J connectivity index is 1.25. The van der Waals surface area contributed by atoms with Crippen molar-refractivity contribution in [1.29, 1.82) is 0 Å². The summed E-state index contributed by atoms with van der Waals surface area (Å²) in [5, 5.41) is 8.52. The zero-order valence-corrected chi connectivity index (χ0v) is 18.1. The predicted molar refractivity (Wildman–Crippen MR) is 123 cm³/mol. The van der Waals surface area contributed by atoms with Crippen LogP contribution in [0.3, 0.4) is 0 Å². The summed E-state index contributed by atoms with van der Waals surface area (Å²) in [6, 6.07) is 24.4. The van der Waals surface area contributed by atoms with Crippen LogP contribution >= 0.6 is 0 Å². The van der Waals surface area contributed by atoms with E-state index in [1.807, 2.05) is 65.6 Å². The van der Waals surface area contributed by atoms with Gasteiger partial charge in [0.1, 0.15) is 5.69 Å². The summed E-state index contributed by atoms with van der Waals surface area (Å²) >= 11 is 0. The quantitative estimate of drug-likeness (QED) is 0.462. The van der Waals surface area contributed by atoms with E-state index in [0.29, 0.717) is 42.5 Å². The first-order chi connectivity index (χ1) is 15.6. The fourth-order valence-electron chi connectivity index (χ4n) is 3.81. The van der Waals surface area contributed by atoms with E-state index in [1.54, 1.807) is 24.5 Å². The molecule has 3 heterocycles. The molecular formula is C24H22N4O3S. The fourth-order valence-corrected chi connectivity index (χ4v) is 5.23. The minimum atomic E-state index is -3.54. The second-order valence-corrected chi connectivity index (χ2v) is 9.47. The molecule has 7 nitrogen and oxygen atoms in total. The van der Waals surface area contributed by atoms with Crippen molar-refractivity contribution in [2.45, 2.75) is 4.90 Å². The van der Waals surface area contributed by atoms with E-state index in [9.17, 15) is 8.42 Å². The predicted octanol–water partition coefficient (Wildman–Crippen LogP) is 3.91. The summed E-state index contributed by atoms with van der Waals surface area (Å²) in [5.74, 6) is 1.39. The second-order valence-electron chi connectivity index (χ2n) is 7.54. The Kier molecular flexibility index (Phi) is 5.46. The minimum Gasteiger partial charge on any atom is -0.463 e. The van der Waals surface area contributed by atoms with Crippen LogP contribution in [0.4, 0.5) is 5.82 Å². The maximum atomic E-state index is 13.1. The Hall–Kier alpha value is -3.49. The molecule has 5 rings (SSSR count). The molecule has 1 saturated heterocycles. The van der Waals surface area contributed by atoms with Crippen LogP contribution < -0.4 is 4.90 Å². The Bertz CT molecular complexity index is 1270. The van der Waals surface area contributed by atoms with Gasteiger partial charge in [0.2, 0.25) is 10.0 Å². The lowest BCUT2D eigenvalue weighted by molar-refractivity contribution is 0.383. The zero-order valence-electron chi connectivity index (χ0n) is 17.3. The Labute approximate surface area is 187 Å². The first kappa shape index (κ1) is 20.4. The van der Waals surface area contributed by atoms with E-state index >= 15 is 0 Å². The van der Waals surface area contributed by atoms with Crippen molar-refractivity contribution < 1.29 is 12.8 Å². The third-order valence-electron chi connectivity index (χ3n) is 5.59. The molecule has 4 aromatic rings. The lowest BCUT2D eigenvalue weighted by atomic mass is 10.1.